The minimum absolute atomic E-state index is 0.136. The minimum Gasteiger partial charge on any atom is -0.352 e. The van der Waals surface area contributed by atoms with Gasteiger partial charge in [-0.25, -0.2) is 4.39 Å². The van der Waals surface area contributed by atoms with E-state index in [9.17, 15) is 23.7 Å². The second-order valence-corrected chi connectivity index (χ2v) is 3.41. The van der Waals surface area contributed by atoms with Gasteiger partial charge >= 0.3 is 5.69 Å². The normalized spacial score (nSPS) is 10.2. The van der Waals surface area contributed by atoms with Crippen molar-refractivity contribution in [3.8, 4) is 0 Å². The first-order valence-electron chi connectivity index (χ1n) is 5.09. The van der Waals surface area contributed by atoms with E-state index in [0.29, 0.717) is 25.1 Å². The number of hydrogen-bond acceptors (Lipinski definition) is 4. The number of nitrogens with two attached hydrogens (primary N) is 1. The summed E-state index contributed by atoms with van der Waals surface area (Å²) in [4.78, 5) is 20.9. The summed E-state index contributed by atoms with van der Waals surface area (Å²) in [6.07, 6.45) is 0.434. The molecular formula is C10H11F2N3O3. The second-order valence-electron chi connectivity index (χ2n) is 3.41. The molecule has 3 N–H and O–H groups in total. The molecule has 98 valence electrons. The topological polar surface area (TPSA) is 98.3 Å². The molecule has 0 atom stereocenters. The van der Waals surface area contributed by atoms with Gasteiger partial charge in [0.2, 0.25) is 5.82 Å². The van der Waals surface area contributed by atoms with Crippen molar-refractivity contribution in [1.82, 2.24) is 5.32 Å². The summed E-state index contributed by atoms with van der Waals surface area (Å²) < 4.78 is 26.9. The van der Waals surface area contributed by atoms with Crippen LogP contribution in [0.4, 0.5) is 14.5 Å². The number of carbonyl (C=O) groups excluding carboxylic acids is 1. The molecule has 0 radical (unpaired) electrons. The van der Waals surface area contributed by atoms with Crippen molar-refractivity contribution in [1.29, 1.82) is 0 Å². The minimum atomic E-state index is -1.48. The van der Waals surface area contributed by atoms with Crippen molar-refractivity contribution >= 4 is 11.6 Å². The van der Waals surface area contributed by atoms with Crippen LogP contribution in [0.1, 0.15) is 16.8 Å². The van der Waals surface area contributed by atoms with E-state index in [-0.39, 0.29) is 6.54 Å². The van der Waals surface area contributed by atoms with E-state index in [1.807, 2.05) is 0 Å². The largest absolute Gasteiger partial charge is 0.352 e. The molecule has 0 unspecified atom stereocenters. The number of halogens is 2. The van der Waals surface area contributed by atoms with E-state index >= 15 is 0 Å². The first-order valence-corrected chi connectivity index (χ1v) is 5.09. The zero-order valence-electron chi connectivity index (χ0n) is 9.28. The van der Waals surface area contributed by atoms with E-state index in [4.69, 9.17) is 5.73 Å². The van der Waals surface area contributed by atoms with Crippen LogP contribution in [0.3, 0.4) is 0 Å². The summed E-state index contributed by atoms with van der Waals surface area (Å²) in [5, 5.41) is 12.7. The Morgan fingerprint density at radius 1 is 1.44 bits per heavy atom. The molecule has 6 nitrogen and oxygen atoms in total. The quantitative estimate of drug-likeness (QED) is 0.467. The van der Waals surface area contributed by atoms with Crippen LogP contribution in [0.25, 0.3) is 0 Å². The second kappa shape index (κ2) is 6.01. The van der Waals surface area contributed by atoms with Crippen LogP contribution in [-0.4, -0.2) is 23.9 Å². The molecule has 0 bridgehead atoms. The van der Waals surface area contributed by atoms with E-state index in [0.717, 1.165) is 0 Å². The summed E-state index contributed by atoms with van der Waals surface area (Å²) in [6.45, 7) is 0.442. The van der Waals surface area contributed by atoms with Crippen molar-refractivity contribution in [3.63, 3.8) is 0 Å². The summed E-state index contributed by atoms with van der Waals surface area (Å²) in [7, 11) is 0. The van der Waals surface area contributed by atoms with Gasteiger partial charge in [0.1, 0.15) is 11.4 Å². The Labute approximate surface area is 101 Å². The number of carbonyl (C=O) groups is 1. The third kappa shape index (κ3) is 2.98. The third-order valence-corrected chi connectivity index (χ3v) is 2.16. The van der Waals surface area contributed by atoms with E-state index < -0.39 is 33.7 Å². The fourth-order valence-electron chi connectivity index (χ4n) is 1.28. The van der Waals surface area contributed by atoms with E-state index in [2.05, 4.69) is 5.32 Å². The van der Waals surface area contributed by atoms with Crippen LogP contribution in [0.15, 0.2) is 12.1 Å². The number of nitrogens with one attached hydrogen (secondary N) is 1. The molecule has 0 aromatic heterocycles. The van der Waals surface area contributed by atoms with Gasteiger partial charge in [-0.3, -0.25) is 14.9 Å². The van der Waals surface area contributed by atoms with Crippen molar-refractivity contribution in [3.05, 3.63) is 39.4 Å². The maximum atomic E-state index is 13.6. The molecule has 18 heavy (non-hydrogen) atoms. The monoisotopic (exact) mass is 259 g/mol. The Kier molecular flexibility index (Phi) is 4.67. The molecule has 0 aliphatic heterocycles. The summed E-state index contributed by atoms with van der Waals surface area (Å²) in [5.74, 6) is -3.67. The molecule has 0 saturated carbocycles. The number of hydrogen-bond donors (Lipinski definition) is 2. The predicted molar refractivity (Wildman–Crippen MR) is 59.0 cm³/mol. The van der Waals surface area contributed by atoms with Gasteiger partial charge in [0.25, 0.3) is 5.91 Å². The molecular weight excluding hydrogens is 248 g/mol. The molecule has 0 aliphatic rings. The molecule has 0 aliphatic carbocycles. The zero-order valence-corrected chi connectivity index (χ0v) is 9.28. The van der Waals surface area contributed by atoms with Crippen LogP contribution < -0.4 is 11.1 Å². The van der Waals surface area contributed by atoms with Gasteiger partial charge in [-0.1, -0.05) is 0 Å². The molecule has 1 aromatic carbocycles. The highest BCUT2D eigenvalue weighted by Crippen LogP contribution is 2.22. The van der Waals surface area contributed by atoms with Gasteiger partial charge in [-0.05, 0) is 19.0 Å². The van der Waals surface area contributed by atoms with Crippen LogP contribution in [0.2, 0.25) is 0 Å². The maximum absolute atomic E-state index is 13.6. The number of amides is 1. The first kappa shape index (κ1) is 14.0. The fourth-order valence-corrected chi connectivity index (χ4v) is 1.28. The Morgan fingerprint density at radius 2 is 2.11 bits per heavy atom. The van der Waals surface area contributed by atoms with E-state index in [1.54, 1.807) is 0 Å². The Balaban J connectivity index is 3.03. The molecule has 1 amide bonds. The van der Waals surface area contributed by atoms with Crippen LogP contribution in [0.5, 0.6) is 0 Å². The lowest BCUT2D eigenvalue weighted by molar-refractivity contribution is -0.387. The molecule has 0 heterocycles. The summed E-state index contributed by atoms with van der Waals surface area (Å²) in [6, 6.07) is 1.35. The highest BCUT2D eigenvalue weighted by atomic mass is 19.1. The molecule has 1 aromatic rings. The SMILES string of the molecule is NCCCNC(=O)c1c(F)ccc([N+](=O)[O-])c1F. The summed E-state index contributed by atoms with van der Waals surface area (Å²) in [5.41, 5.74) is 3.29. The number of rotatable bonds is 5. The van der Waals surface area contributed by atoms with Crippen LogP contribution in [-0.2, 0) is 0 Å². The van der Waals surface area contributed by atoms with Crippen molar-refractivity contribution in [2.75, 3.05) is 13.1 Å². The fraction of sp³-hybridized carbons (Fsp3) is 0.300. The van der Waals surface area contributed by atoms with Crippen molar-refractivity contribution < 1.29 is 18.5 Å². The average Bonchev–Trinajstić information content (AvgIpc) is 2.28. The van der Waals surface area contributed by atoms with Crippen LogP contribution in [0, 0.1) is 21.7 Å². The number of nitrogens with zero attached hydrogens (tertiary/aromatic N) is 1. The number of nitro benzene ring substituents is 1. The number of nitro groups is 1. The van der Waals surface area contributed by atoms with Gasteiger partial charge in [0, 0.05) is 12.6 Å². The van der Waals surface area contributed by atoms with Gasteiger partial charge in [0.15, 0.2) is 0 Å². The number of benzene rings is 1. The summed E-state index contributed by atoms with van der Waals surface area (Å²) >= 11 is 0. The third-order valence-electron chi connectivity index (χ3n) is 2.16. The van der Waals surface area contributed by atoms with Crippen molar-refractivity contribution in [2.24, 2.45) is 5.73 Å². The highest BCUT2D eigenvalue weighted by Gasteiger charge is 2.25. The lowest BCUT2D eigenvalue weighted by Crippen LogP contribution is -2.28. The van der Waals surface area contributed by atoms with Crippen LogP contribution >= 0.6 is 0 Å². The smallest absolute Gasteiger partial charge is 0.305 e. The molecule has 0 fully saturated rings. The average molecular weight is 259 g/mol. The van der Waals surface area contributed by atoms with Crippen molar-refractivity contribution in [2.45, 2.75) is 6.42 Å². The van der Waals surface area contributed by atoms with Gasteiger partial charge in [-0.2, -0.15) is 4.39 Å². The Morgan fingerprint density at radius 3 is 2.67 bits per heavy atom. The predicted octanol–water partition coefficient (Wildman–Crippen LogP) is 0.952. The first-order chi connectivity index (χ1) is 8.49. The van der Waals surface area contributed by atoms with Gasteiger partial charge in [-0.15, -0.1) is 0 Å². The lowest BCUT2D eigenvalue weighted by atomic mass is 10.1. The van der Waals surface area contributed by atoms with Gasteiger partial charge in [0.05, 0.1) is 4.92 Å². The molecule has 0 saturated heterocycles. The van der Waals surface area contributed by atoms with E-state index in [1.165, 1.54) is 0 Å². The molecule has 1 rings (SSSR count). The Bertz CT molecular complexity index is 480. The van der Waals surface area contributed by atoms with Gasteiger partial charge < -0.3 is 11.1 Å². The highest BCUT2D eigenvalue weighted by molar-refractivity contribution is 5.95. The standard InChI is InChI=1S/C10H11F2N3O3/c11-6-2-3-7(15(17)18)9(12)8(6)10(16)14-5-1-4-13/h2-3H,1,4-5,13H2,(H,14,16). The Hall–Kier alpha value is -2.09. The molecule has 0 spiro atoms. The maximum Gasteiger partial charge on any atom is 0.305 e. The zero-order chi connectivity index (χ0) is 13.7. The molecule has 8 heteroatoms. The lowest BCUT2D eigenvalue weighted by Gasteiger charge is -2.06.